The summed E-state index contributed by atoms with van der Waals surface area (Å²) in [5.41, 5.74) is 1.18. The van der Waals surface area contributed by atoms with Crippen molar-refractivity contribution in [2.45, 2.75) is 53.4 Å². The number of aliphatic imine (C=N–C) groups is 1. The van der Waals surface area contributed by atoms with Crippen LogP contribution in [0.4, 0.5) is 0 Å². The van der Waals surface area contributed by atoms with Crippen LogP contribution in [-0.4, -0.2) is 47.4 Å². The van der Waals surface area contributed by atoms with Crippen molar-refractivity contribution < 1.29 is 29.3 Å². The summed E-state index contributed by atoms with van der Waals surface area (Å²) in [4.78, 5) is 28.0. The van der Waals surface area contributed by atoms with Gasteiger partial charge in [-0.05, 0) is 43.4 Å². The van der Waals surface area contributed by atoms with E-state index >= 15 is 0 Å². The number of aliphatic carboxylic acids is 1. The zero-order chi connectivity index (χ0) is 22.3. The first kappa shape index (κ1) is 23.4. The molecule has 0 aromatic heterocycles. The Labute approximate surface area is 177 Å². The maximum atomic E-state index is 12.8. The third-order valence-corrected chi connectivity index (χ3v) is 4.75. The van der Waals surface area contributed by atoms with Crippen LogP contribution in [0.3, 0.4) is 0 Å². The van der Waals surface area contributed by atoms with Crippen molar-refractivity contribution in [3.8, 4) is 11.5 Å². The molecule has 7 nitrogen and oxygen atoms in total. The molecule has 0 amide bonds. The Kier molecular flexibility index (Phi) is 8.03. The molecular formula is C23H31NO6. The summed E-state index contributed by atoms with van der Waals surface area (Å²) in [5.74, 6) is 0.0288. The molecule has 1 aromatic rings. The number of aliphatic hydroxyl groups excluding tert-OH is 1. The standard InChI is InChI=1S/C23H31NO6/c1-5-29-19-8-7-15(12-20(19)30-6-2)11-17(25)22-16(24-10-9-21(27)28)13-23(3,4)14-18(22)26/h7-8,12,25H,5-6,9-11,13-14H2,1-4H3,(H,27,28)/b22-17-,24-16?. The summed E-state index contributed by atoms with van der Waals surface area (Å²) < 4.78 is 11.2. The first-order valence-corrected chi connectivity index (χ1v) is 10.3. The number of benzene rings is 1. The Bertz CT molecular complexity index is 853. The molecule has 164 valence electrons. The lowest BCUT2D eigenvalue weighted by atomic mass is 9.73. The molecule has 2 N–H and O–H groups in total. The van der Waals surface area contributed by atoms with E-state index in [1.165, 1.54) is 0 Å². The SMILES string of the molecule is CCOc1ccc(C/C(O)=C2/C(=O)CC(C)(C)CC2=NCCC(=O)O)cc1OCC. The van der Waals surface area contributed by atoms with Crippen molar-refractivity contribution in [1.29, 1.82) is 0 Å². The first-order valence-electron chi connectivity index (χ1n) is 10.3. The smallest absolute Gasteiger partial charge is 0.305 e. The number of Topliss-reactive ketones (excluding diaryl/α,β-unsaturated/α-hetero) is 1. The van der Waals surface area contributed by atoms with E-state index in [9.17, 15) is 14.7 Å². The van der Waals surface area contributed by atoms with Crippen LogP contribution in [0, 0.1) is 5.41 Å². The number of carboxylic acid groups (broad SMARTS) is 1. The Morgan fingerprint density at radius 1 is 1.10 bits per heavy atom. The summed E-state index contributed by atoms with van der Waals surface area (Å²) in [6.45, 7) is 8.76. The fourth-order valence-electron chi connectivity index (χ4n) is 3.52. The molecule has 0 heterocycles. The van der Waals surface area contributed by atoms with Crippen LogP contribution in [0.5, 0.6) is 11.5 Å². The Morgan fingerprint density at radius 2 is 1.77 bits per heavy atom. The Hall–Kier alpha value is -2.83. The van der Waals surface area contributed by atoms with Crippen LogP contribution in [0.15, 0.2) is 34.5 Å². The molecule has 1 aliphatic rings. The average Bonchev–Trinajstić information content (AvgIpc) is 2.62. The number of nitrogens with zero attached hydrogens (tertiary/aromatic N) is 1. The number of carbonyl (C=O) groups excluding carboxylic acids is 1. The monoisotopic (exact) mass is 417 g/mol. The third kappa shape index (κ3) is 6.34. The minimum atomic E-state index is -0.951. The third-order valence-electron chi connectivity index (χ3n) is 4.75. The van der Waals surface area contributed by atoms with Crippen LogP contribution in [0.25, 0.3) is 0 Å². The average molecular weight is 418 g/mol. The molecule has 0 aliphatic heterocycles. The molecule has 0 radical (unpaired) electrons. The summed E-state index contributed by atoms with van der Waals surface area (Å²) in [6.07, 6.45) is 0.831. The zero-order valence-corrected chi connectivity index (χ0v) is 18.2. The van der Waals surface area contributed by atoms with Gasteiger partial charge in [0.1, 0.15) is 5.76 Å². The van der Waals surface area contributed by atoms with Gasteiger partial charge in [-0.15, -0.1) is 0 Å². The van der Waals surface area contributed by atoms with Crippen LogP contribution in [-0.2, 0) is 16.0 Å². The van der Waals surface area contributed by atoms with Crippen molar-refractivity contribution >= 4 is 17.5 Å². The van der Waals surface area contributed by atoms with Gasteiger partial charge in [0.05, 0.1) is 25.2 Å². The van der Waals surface area contributed by atoms with Crippen LogP contribution >= 0.6 is 0 Å². The molecule has 30 heavy (non-hydrogen) atoms. The molecule has 0 spiro atoms. The normalized spacial score (nSPS) is 18.9. The summed E-state index contributed by atoms with van der Waals surface area (Å²) in [7, 11) is 0. The molecule has 1 saturated carbocycles. The van der Waals surface area contributed by atoms with Gasteiger partial charge in [0.15, 0.2) is 17.3 Å². The van der Waals surface area contributed by atoms with Crippen LogP contribution in [0.2, 0.25) is 0 Å². The van der Waals surface area contributed by atoms with Crippen molar-refractivity contribution in [2.24, 2.45) is 10.4 Å². The van der Waals surface area contributed by atoms with Crippen molar-refractivity contribution in [3.05, 3.63) is 35.1 Å². The predicted molar refractivity (Wildman–Crippen MR) is 115 cm³/mol. The second kappa shape index (κ2) is 10.3. The molecule has 0 unspecified atom stereocenters. The summed E-state index contributed by atoms with van der Waals surface area (Å²) in [5, 5.41) is 19.7. The second-order valence-electron chi connectivity index (χ2n) is 8.06. The van der Waals surface area contributed by atoms with E-state index in [0.717, 1.165) is 5.56 Å². The minimum absolute atomic E-state index is 0.0591. The van der Waals surface area contributed by atoms with Crippen LogP contribution < -0.4 is 9.47 Å². The Morgan fingerprint density at radius 3 is 2.40 bits per heavy atom. The number of rotatable bonds is 9. The van der Waals surface area contributed by atoms with Gasteiger partial charge in [0.25, 0.3) is 0 Å². The first-order chi connectivity index (χ1) is 14.2. The van der Waals surface area contributed by atoms with Gasteiger partial charge < -0.3 is 19.7 Å². The van der Waals surface area contributed by atoms with E-state index in [1.54, 1.807) is 12.1 Å². The highest BCUT2D eigenvalue weighted by atomic mass is 16.5. The maximum Gasteiger partial charge on any atom is 0.305 e. The zero-order valence-electron chi connectivity index (χ0n) is 18.2. The van der Waals surface area contributed by atoms with Crippen molar-refractivity contribution in [3.63, 3.8) is 0 Å². The van der Waals surface area contributed by atoms with Gasteiger partial charge in [-0.1, -0.05) is 19.9 Å². The molecule has 7 heteroatoms. The maximum absolute atomic E-state index is 12.8. The van der Waals surface area contributed by atoms with Crippen molar-refractivity contribution in [1.82, 2.24) is 0 Å². The summed E-state index contributed by atoms with van der Waals surface area (Å²) in [6, 6.07) is 5.40. The van der Waals surface area contributed by atoms with Gasteiger partial charge in [0, 0.05) is 25.1 Å². The number of ketones is 1. The number of carboxylic acids is 1. The van der Waals surface area contributed by atoms with E-state index in [-0.39, 0.29) is 41.9 Å². The van der Waals surface area contributed by atoms with Gasteiger partial charge in [-0.2, -0.15) is 0 Å². The van der Waals surface area contributed by atoms with Gasteiger partial charge in [0.2, 0.25) is 0 Å². The van der Waals surface area contributed by atoms with E-state index in [2.05, 4.69) is 4.99 Å². The van der Waals surface area contributed by atoms with Gasteiger partial charge in [-0.25, -0.2) is 0 Å². The summed E-state index contributed by atoms with van der Waals surface area (Å²) >= 11 is 0. The molecule has 1 fully saturated rings. The number of ether oxygens (including phenoxy) is 2. The molecule has 1 aromatic carbocycles. The number of hydrogen-bond donors (Lipinski definition) is 2. The van der Waals surface area contributed by atoms with E-state index in [0.29, 0.717) is 43.3 Å². The minimum Gasteiger partial charge on any atom is -0.511 e. The second-order valence-corrected chi connectivity index (χ2v) is 8.06. The lowest BCUT2D eigenvalue weighted by Crippen LogP contribution is -2.33. The highest BCUT2D eigenvalue weighted by Crippen LogP contribution is 2.36. The largest absolute Gasteiger partial charge is 0.511 e. The van der Waals surface area contributed by atoms with E-state index < -0.39 is 5.97 Å². The molecular weight excluding hydrogens is 386 g/mol. The lowest BCUT2D eigenvalue weighted by Gasteiger charge is -2.31. The molecule has 2 rings (SSSR count). The van der Waals surface area contributed by atoms with Crippen molar-refractivity contribution in [2.75, 3.05) is 19.8 Å². The topological polar surface area (TPSA) is 105 Å². The number of allylic oxidation sites excluding steroid dienone is 2. The number of aliphatic hydroxyl groups is 1. The van der Waals surface area contributed by atoms with E-state index in [4.69, 9.17) is 14.6 Å². The number of carbonyl (C=O) groups is 2. The molecule has 0 atom stereocenters. The Balaban J connectivity index is 2.36. The quantitative estimate of drug-likeness (QED) is 0.462. The fraction of sp³-hybridized carbons (Fsp3) is 0.522. The van der Waals surface area contributed by atoms with E-state index in [1.807, 2.05) is 33.8 Å². The highest BCUT2D eigenvalue weighted by Gasteiger charge is 2.36. The van der Waals surface area contributed by atoms with Gasteiger partial charge in [-0.3, -0.25) is 14.6 Å². The van der Waals surface area contributed by atoms with Gasteiger partial charge >= 0.3 is 5.97 Å². The molecule has 0 bridgehead atoms. The number of hydrogen-bond acceptors (Lipinski definition) is 6. The highest BCUT2D eigenvalue weighted by molar-refractivity contribution is 6.24. The molecule has 1 aliphatic carbocycles. The predicted octanol–water partition coefficient (Wildman–Crippen LogP) is 4.14. The van der Waals surface area contributed by atoms with Crippen LogP contribution in [0.1, 0.15) is 52.5 Å². The lowest BCUT2D eigenvalue weighted by molar-refractivity contribution is -0.136. The molecule has 0 saturated heterocycles. The fourth-order valence-corrected chi connectivity index (χ4v) is 3.52.